The Morgan fingerprint density at radius 3 is 2.43 bits per heavy atom. The Labute approximate surface area is 126 Å². The second-order valence-corrected chi connectivity index (χ2v) is 7.91. The van der Waals surface area contributed by atoms with Crippen LogP contribution in [0.1, 0.15) is 51.0 Å². The zero-order valence-corrected chi connectivity index (χ0v) is 12.8. The van der Waals surface area contributed by atoms with Gasteiger partial charge in [0.05, 0.1) is 12.5 Å². The van der Waals surface area contributed by atoms with Gasteiger partial charge < -0.3 is 9.73 Å². The molecule has 0 saturated heterocycles. The molecule has 1 N–H and O–H groups in total. The van der Waals surface area contributed by atoms with Crippen LogP contribution in [0.4, 0.5) is 0 Å². The molecule has 4 aliphatic rings. The summed E-state index contributed by atoms with van der Waals surface area (Å²) < 4.78 is 5.11. The van der Waals surface area contributed by atoms with Crippen molar-refractivity contribution in [2.75, 3.05) is 0 Å². The van der Waals surface area contributed by atoms with Gasteiger partial charge in [0.15, 0.2) is 0 Å². The summed E-state index contributed by atoms with van der Waals surface area (Å²) in [5.41, 5.74) is 1.13. The van der Waals surface area contributed by atoms with Gasteiger partial charge in [0.1, 0.15) is 0 Å². The minimum atomic E-state index is -0.0284. The van der Waals surface area contributed by atoms with Gasteiger partial charge in [0, 0.05) is 11.5 Å². The van der Waals surface area contributed by atoms with Crippen molar-refractivity contribution in [3.63, 3.8) is 0 Å². The summed E-state index contributed by atoms with van der Waals surface area (Å²) in [6, 6.07) is 2.16. The topological polar surface area (TPSA) is 42.2 Å². The summed E-state index contributed by atoms with van der Waals surface area (Å²) in [6.45, 7) is 2.10. The molecule has 3 heteroatoms. The van der Waals surface area contributed by atoms with E-state index in [9.17, 15) is 4.79 Å². The standard InChI is InChI=1S/C18H25NO2/c1-12(4-13-2-3-21-11-13)19-17(20)18-8-14-5-15(9-18)7-16(6-14)10-18/h2-3,11-12,14-16H,4-10H2,1H3,(H,19,20)/t12-,14?,15?,16?,18?/m1/s1. The van der Waals surface area contributed by atoms with Gasteiger partial charge in [-0.25, -0.2) is 0 Å². The Bertz CT molecular complexity index is 484. The van der Waals surface area contributed by atoms with Crippen LogP contribution in [-0.4, -0.2) is 11.9 Å². The average molecular weight is 287 g/mol. The molecule has 1 aromatic rings. The molecule has 4 bridgehead atoms. The van der Waals surface area contributed by atoms with Crippen LogP contribution in [0.25, 0.3) is 0 Å². The largest absolute Gasteiger partial charge is 0.472 e. The Kier molecular flexibility index (Phi) is 3.13. The predicted octanol–water partition coefficient (Wildman–Crippen LogP) is 3.54. The van der Waals surface area contributed by atoms with Gasteiger partial charge in [0.25, 0.3) is 0 Å². The molecule has 4 saturated carbocycles. The van der Waals surface area contributed by atoms with Crippen LogP contribution in [0.2, 0.25) is 0 Å². The van der Waals surface area contributed by atoms with Crippen LogP contribution in [0.5, 0.6) is 0 Å². The van der Waals surface area contributed by atoms with Crippen LogP contribution in [-0.2, 0) is 11.2 Å². The molecule has 5 rings (SSSR count). The van der Waals surface area contributed by atoms with Crippen LogP contribution in [0.15, 0.2) is 23.0 Å². The van der Waals surface area contributed by atoms with E-state index in [0.29, 0.717) is 5.91 Å². The number of nitrogens with one attached hydrogen (secondary N) is 1. The number of furan rings is 1. The highest BCUT2D eigenvalue weighted by Crippen LogP contribution is 2.60. The zero-order valence-electron chi connectivity index (χ0n) is 12.8. The molecule has 0 aromatic carbocycles. The van der Waals surface area contributed by atoms with E-state index in [1.54, 1.807) is 12.5 Å². The first-order valence-electron chi connectivity index (χ1n) is 8.45. The lowest BCUT2D eigenvalue weighted by atomic mass is 9.49. The van der Waals surface area contributed by atoms with Gasteiger partial charge in [-0.1, -0.05) is 0 Å². The van der Waals surface area contributed by atoms with Crippen molar-refractivity contribution >= 4 is 5.91 Å². The van der Waals surface area contributed by atoms with E-state index < -0.39 is 0 Å². The molecule has 0 spiro atoms. The maximum absolute atomic E-state index is 12.9. The molecule has 21 heavy (non-hydrogen) atoms. The normalized spacial score (nSPS) is 38.4. The van der Waals surface area contributed by atoms with Crippen molar-refractivity contribution in [3.8, 4) is 0 Å². The predicted molar refractivity (Wildman–Crippen MR) is 80.6 cm³/mol. The SMILES string of the molecule is C[C@H](Cc1ccoc1)NC(=O)C12CC3CC(CC(C3)C1)C2. The zero-order chi connectivity index (χ0) is 14.4. The van der Waals surface area contributed by atoms with E-state index >= 15 is 0 Å². The Hall–Kier alpha value is -1.25. The number of amides is 1. The summed E-state index contributed by atoms with van der Waals surface area (Å²) in [6.07, 6.45) is 11.9. The second-order valence-electron chi connectivity index (χ2n) is 7.91. The lowest BCUT2D eigenvalue weighted by Crippen LogP contribution is -2.55. The minimum absolute atomic E-state index is 0.0284. The van der Waals surface area contributed by atoms with Gasteiger partial charge in [-0.3, -0.25) is 4.79 Å². The van der Waals surface area contributed by atoms with Gasteiger partial charge in [-0.05, 0) is 81.3 Å². The highest BCUT2D eigenvalue weighted by molar-refractivity contribution is 5.83. The molecule has 0 aliphatic heterocycles. The van der Waals surface area contributed by atoms with Crippen LogP contribution < -0.4 is 5.32 Å². The van der Waals surface area contributed by atoms with E-state index in [1.807, 2.05) is 6.07 Å². The Balaban J connectivity index is 1.42. The smallest absolute Gasteiger partial charge is 0.226 e. The molecule has 1 atom stereocenters. The third kappa shape index (κ3) is 2.41. The molecule has 0 unspecified atom stereocenters. The molecular weight excluding hydrogens is 262 g/mol. The summed E-state index contributed by atoms with van der Waals surface area (Å²) in [7, 11) is 0. The van der Waals surface area contributed by atoms with E-state index in [2.05, 4.69) is 12.2 Å². The van der Waals surface area contributed by atoms with Crippen molar-refractivity contribution in [2.45, 2.75) is 57.9 Å². The highest BCUT2D eigenvalue weighted by atomic mass is 16.3. The molecule has 4 aliphatic carbocycles. The molecule has 1 heterocycles. The fraction of sp³-hybridized carbons (Fsp3) is 0.722. The van der Waals surface area contributed by atoms with Crippen molar-refractivity contribution in [1.82, 2.24) is 5.32 Å². The third-order valence-electron chi connectivity index (χ3n) is 6.02. The summed E-state index contributed by atoms with van der Waals surface area (Å²) in [4.78, 5) is 12.9. The van der Waals surface area contributed by atoms with Crippen molar-refractivity contribution < 1.29 is 9.21 Å². The fourth-order valence-corrected chi connectivity index (χ4v) is 5.58. The Morgan fingerprint density at radius 2 is 1.90 bits per heavy atom. The summed E-state index contributed by atoms with van der Waals surface area (Å²) >= 11 is 0. The van der Waals surface area contributed by atoms with Crippen LogP contribution in [0.3, 0.4) is 0 Å². The van der Waals surface area contributed by atoms with Gasteiger partial charge in [-0.2, -0.15) is 0 Å². The lowest BCUT2D eigenvalue weighted by molar-refractivity contribution is -0.146. The average Bonchev–Trinajstić information content (AvgIpc) is 2.89. The second kappa shape index (κ2) is 4.89. The van der Waals surface area contributed by atoms with Crippen molar-refractivity contribution in [2.24, 2.45) is 23.2 Å². The third-order valence-corrected chi connectivity index (χ3v) is 6.02. The maximum Gasteiger partial charge on any atom is 0.226 e. The summed E-state index contributed by atoms with van der Waals surface area (Å²) in [5.74, 6) is 2.81. The molecule has 1 aromatic heterocycles. The number of rotatable bonds is 4. The number of hydrogen-bond acceptors (Lipinski definition) is 2. The molecule has 1 amide bonds. The van der Waals surface area contributed by atoms with Gasteiger partial charge in [-0.15, -0.1) is 0 Å². The van der Waals surface area contributed by atoms with Crippen molar-refractivity contribution in [1.29, 1.82) is 0 Å². The lowest BCUT2D eigenvalue weighted by Gasteiger charge is -2.55. The molecule has 0 radical (unpaired) electrons. The number of hydrogen-bond donors (Lipinski definition) is 1. The first-order valence-corrected chi connectivity index (χ1v) is 8.45. The summed E-state index contributed by atoms with van der Waals surface area (Å²) in [5, 5.41) is 3.29. The van der Waals surface area contributed by atoms with E-state index in [4.69, 9.17) is 4.42 Å². The first kappa shape index (κ1) is 13.4. The Morgan fingerprint density at radius 1 is 1.29 bits per heavy atom. The van der Waals surface area contributed by atoms with Crippen molar-refractivity contribution in [3.05, 3.63) is 24.2 Å². The monoisotopic (exact) mass is 287 g/mol. The number of carbonyl (C=O) groups is 1. The quantitative estimate of drug-likeness (QED) is 0.920. The van der Waals surface area contributed by atoms with Gasteiger partial charge in [0.2, 0.25) is 5.91 Å². The number of carbonyl (C=O) groups excluding carboxylic acids is 1. The van der Waals surface area contributed by atoms with E-state index in [0.717, 1.165) is 49.0 Å². The molecular formula is C18H25NO2. The molecule has 3 nitrogen and oxygen atoms in total. The van der Waals surface area contributed by atoms with Crippen LogP contribution >= 0.6 is 0 Å². The van der Waals surface area contributed by atoms with Crippen LogP contribution in [0, 0.1) is 23.2 Å². The fourth-order valence-electron chi connectivity index (χ4n) is 5.58. The highest BCUT2D eigenvalue weighted by Gasteiger charge is 2.54. The molecule has 114 valence electrons. The van der Waals surface area contributed by atoms with Gasteiger partial charge >= 0.3 is 0 Å². The molecule has 4 fully saturated rings. The van der Waals surface area contributed by atoms with E-state index in [-0.39, 0.29) is 11.5 Å². The van der Waals surface area contributed by atoms with E-state index in [1.165, 1.54) is 19.3 Å². The first-order chi connectivity index (χ1) is 10.1. The minimum Gasteiger partial charge on any atom is -0.472 e. The maximum atomic E-state index is 12.9.